The Labute approximate surface area is 393 Å². The summed E-state index contributed by atoms with van der Waals surface area (Å²) < 4.78 is 57.5. The summed E-state index contributed by atoms with van der Waals surface area (Å²) in [6, 6.07) is 9.46. The van der Waals surface area contributed by atoms with Gasteiger partial charge in [0.15, 0.2) is 5.82 Å². The van der Waals surface area contributed by atoms with Crippen molar-refractivity contribution in [1.82, 2.24) is 50.4 Å². The van der Waals surface area contributed by atoms with Gasteiger partial charge in [-0.15, -0.1) is 0 Å². The van der Waals surface area contributed by atoms with Gasteiger partial charge in [0.1, 0.15) is 28.9 Å². The van der Waals surface area contributed by atoms with Crippen LogP contribution in [-0.2, 0) is 21.5 Å². The average molecular weight is 951 g/mol. The second-order valence-corrected chi connectivity index (χ2v) is 19.6. The first-order chi connectivity index (χ1) is 32.8. The van der Waals surface area contributed by atoms with Crippen molar-refractivity contribution >= 4 is 41.0 Å². The molecule has 360 valence electrons. The fourth-order valence-electron chi connectivity index (χ4n) is 10.5. The molecule has 17 nitrogen and oxygen atoms in total. The van der Waals surface area contributed by atoms with Gasteiger partial charge in [0, 0.05) is 75.6 Å². The molecule has 5 amide bonds. The third kappa shape index (κ3) is 8.18. The van der Waals surface area contributed by atoms with E-state index < -0.39 is 58.8 Å². The molecule has 3 N–H and O–H groups in total. The second-order valence-electron chi connectivity index (χ2n) is 19.6. The van der Waals surface area contributed by atoms with Crippen LogP contribution >= 0.6 is 0 Å². The van der Waals surface area contributed by atoms with Gasteiger partial charge in [0.25, 0.3) is 17.7 Å². The number of likely N-dealkylation sites (tertiary alicyclic amines) is 1. The Hall–Kier alpha value is -7.03. The summed E-state index contributed by atoms with van der Waals surface area (Å²) in [6.07, 6.45) is 2.11. The summed E-state index contributed by atoms with van der Waals surface area (Å²) in [7, 11) is 0. The van der Waals surface area contributed by atoms with Gasteiger partial charge in [0.2, 0.25) is 11.8 Å². The molecule has 4 saturated heterocycles. The van der Waals surface area contributed by atoms with Crippen LogP contribution in [0.15, 0.2) is 55.0 Å². The smallest absolute Gasteiger partial charge is 0.369 e. The number of H-pyrrole nitrogens is 1. The molecule has 1 spiro atoms. The van der Waals surface area contributed by atoms with Crippen LogP contribution < -0.4 is 20.4 Å². The normalized spacial score (nSPS) is 19.8. The van der Waals surface area contributed by atoms with Gasteiger partial charge in [-0.05, 0) is 99.9 Å². The molecule has 0 radical (unpaired) electrons. The van der Waals surface area contributed by atoms with Crippen LogP contribution in [0.5, 0.6) is 0 Å². The molecule has 0 bridgehead atoms. The van der Waals surface area contributed by atoms with Crippen molar-refractivity contribution in [3.05, 3.63) is 100 Å². The Morgan fingerprint density at radius 2 is 1.62 bits per heavy atom. The van der Waals surface area contributed by atoms with E-state index in [-0.39, 0.29) is 53.0 Å². The number of hydrogen-bond acceptors (Lipinski definition) is 12. The average Bonchev–Trinajstić information content (AvgIpc) is 4.03. The highest BCUT2D eigenvalue weighted by Gasteiger charge is 2.53. The number of imide groups is 2. The van der Waals surface area contributed by atoms with Crippen LogP contribution in [0.1, 0.15) is 93.4 Å². The zero-order valence-corrected chi connectivity index (χ0v) is 38.4. The first-order valence-electron chi connectivity index (χ1n) is 22.9. The van der Waals surface area contributed by atoms with Crippen molar-refractivity contribution in [1.29, 1.82) is 0 Å². The fourth-order valence-corrected chi connectivity index (χ4v) is 10.5. The number of carbonyl (C=O) groups is 5. The van der Waals surface area contributed by atoms with E-state index in [1.165, 1.54) is 12.3 Å². The van der Waals surface area contributed by atoms with Crippen molar-refractivity contribution in [2.45, 2.75) is 77.6 Å². The van der Waals surface area contributed by atoms with Crippen LogP contribution in [0.25, 0.3) is 16.8 Å². The molecule has 10 rings (SSSR count). The van der Waals surface area contributed by atoms with Crippen LogP contribution in [0, 0.1) is 31.0 Å². The molecule has 5 aromatic rings. The van der Waals surface area contributed by atoms with Crippen LogP contribution in [-0.4, -0.2) is 127 Å². The van der Waals surface area contributed by atoms with Gasteiger partial charge in [-0.25, -0.2) is 19.0 Å². The minimum Gasteiger partial charge on any atom is -0.369 e. The molecular weight excluding hydrogens is 901 g/mol. The van der Waals surface area contributed by atoms with Gasteiger partial charge in [-0.1, -0.05) is 6.07 Å². The number of amides is 5. The van der Waals surface area contributed by atoms with Gasteiger partial charge in [-0.3, -0.25) is 39.3 Å². The Morgan fingerprint density at radius 1 is 0.899 bits per heavy atom. The summed E-state index contributed by atoms with van der Waals surface area (Å²) in [4.78, 5) is 80.0. The molecule has 0 saturated carbocycles. The number of rotatable bonds is 11. The lowest BCUT2D eigenvalue weighted by atomic mass is 9.72. The Morgan fingerprint density at radius 3 is 2.30 bits per heavy atom. The van der Waals surface area contributed by atoms with Gasteiger partial charge >= 0.3 is 6.18 Å². The van der Waals surface area contributed by atoms with E-state index in [4.69, 9.17) is 4.98 Å². The summed E-state index contributed by atoms with van der Waals surface area (Å²) in [5.74, 6) is -2.59. The summed E-state index contributed by atoms with van der Waals surface area (Å²) in [5, 5.41) is 15.5. The maximum atomic E-state index is 15.5. The maximum absolute atomic E-state index is 15.5. The Bertz CT molecular complexity index is 2910. The van der Waals surface area contributed by atoms with Crippen molar-refractivity contribution in [3.63, 3.8) is 0 Å². The molecule has 5 aliphatic rings. The van der Waals surface area contributed by atoms with Crippen molar-refractivity contribution in [3.8, 4) is 16.8 Å². The number of fused-ring (bicyclic) bond motifs is 1. The minimum absolute atomic E-state index is 0.00817. The number of halogens is 4. The van der Waals surface area contributed by atoms with Gasteiger partial charge in [-0.2, -0.15) is 23.4 Å². The van der Waals surface area contributed by atoms with Crippen molar-refractivity contribution < 1.29 is 41.5 Å². The Kier molecular flexibility index (Phi) is 11.2. The minimum atomic E-state index is -4.55. The van der Waals surface area contributed by atoms with Crippen LogP contribution in [0.2, 0.25) is 0 Å². The number of hydrogen-bond donors (Lipinski definition) is 3. The number of nitrogens with zero attached hydrogens (tertiary/aromatic N) is 9. The summed E-state index contributed by atoms with van der Waals surface area (Å²) in [6.45, 7) is 11.8. The first-order valence-corrected chi connectivity index (χ1v) is 22.9. The van der Waals surface area contributed by atoms with Crippen molar-refractivity contribution in [2.75, 3.05) is 55.6 Å². The largest absolute Gasteiger partial charge is 0.401 e. The highest BCUT2D eigenvalue weighted by atomic mass is 19.4. The lowest BCUT2D eigenvalue weighted by Gasteiger charge is -2.61. The highest BCUT2D eigenvalue weighted by molar-refractivity contribution is 6.23. The lowest BCUT2D eigenvalue weighted by Crippen LogP contribution is -2.72. The molecule has 4 fully saturated rings. The number of aromatic nitrogens is 6. The van der Waals surface area contributed by atoms with Gasteiger partial charge < -0.3 is 20.0 Å². The molecule has 3 aromatic heterocycles. The molecule has 1 atom stereocenters. The molecule has 8 heterocycles. The number of carbonyl (C=O) groups excluding carboxylic acids is 5. The highest BCUT2D eigenvalue weighted by Crippen LogP contribution is 2.43. The number of anilines is 2. The molecule has 21 heteroatoms. The number of alkyl halides is 3. The number of nitrogens with one attached hydrogen (secondary N) is 3. The predicted molar refractivity (Wildman–Crippen MR) is 242 cm³/mol. The first kappa shape index (κ1) is 45.7. The van der Waals surface area contributed by atoms with Crippen molar-refractivity contribution in [2.24, 2.45) is 11.3 Å². The maximum Gasteiger partial charge on any atom is 0.401 e. The van der Waals surface area contributed by atoms with Crippen LogP contribution in [0.3, 0.4) is 0 Å². The SMILES string of the molecule is Cc1ccc(-n2cc(C(=O)NCc3nc(C(C)(C)C(F)(F)F)n[nH]3)cn2)c(C)c1-c1ccc(N2CC3(CN(CC4CCN(c5cc6c(cc5F)C(=O)N(C5CCC(=O)NC5=O)C6=O)CC4)C3)C2)nc1. The fraction of sp³-hybridized carbons (Fsp3) is 0.438. The molecule has 2 aromatic carbocycles. The molecule has 1 unspecified atom stereocenters. The number of aryl methyl sites for hydroxylation is 1. The monoisotopic (exact) mass is 950 g/mol. The predicted octanol–water partition coefficient (Wildman–Crippen LogP) is 5.02. The van der Waals surface area contributed by atoms with Gasteiger partial charge in [0.05, 0.1) is 40.8 Å². The molecule has 5 aliphatic heterocycles. The van der Waals surface area contributed by atoms with E-state index in [0.29, 0.717) is 19.0 Å². The second kappa shape index (κ2) is 16.9. The van der Waals surface area contributed by atoms with Crippen LogP contribution in [0.4, 0.5) is 29.1 Å². The van der Waals surface area contributed by atoms with E-state index in [9.17, 15) is 37.1 Å². The molecule has 69 heavy (non-hydrogen) atoms. The topological polar surface area (TPSA) is 195 Å². The van der Waals surface area contributed by atoms with E-state index in [1.807, 2.05) is 43.1 Å². The summed E-state index contributed by atoms with van der Waals surface area (Å²) >= 11 is 0. The third-order valence-electron chi connectivity index (χ3n) is 14.5. The number of piperidine rings is 2. The van der Waals surface area contributed by atoms with E-state index in [2.05, 4.69) is 46.8 Å². The lowest BCUT2D eigenvalue weighted by molar-refractivity contribution is -0.182. The number of pyridine rings is 1. The van der Waals surface area contributed by atoms with E-state index >= 15 is 4.39 Å². The standard InChI is InChI=1S/C48H50F4N12O5/c1-26-5-7-34(63-21-30(18-55-63)41(66)54-19-37-56-45(59-58-37)46(3,4)48(50,51)52)27(2)40(26)29-6-9-38(53-17-29)62-24-47(25-62)22-60(23-47)20-28-11-13-61(14-12-28)36-16-32-31(15-33(36)49)43(68)64(44(32)69)35-8-10-39(65)57-42(35)67/h5-7,9,15-18,21,28,35H,8,10-14,19-20,22-25H2,1-4H3,(H,54,66)(H,56,58,59)(H,57,65,67). The number of benzene rings is 2. The summed E-state index contributed by atoms with van der Waals surface area (Å²) in [5.41, 5.74) is 3.18. The Balaban J connectivity index is 0.698. The molecular formula is C48H50F4N12O5. The molecule has 0 aliphatic carbocycles. The third-order valence-corrected chi connectivity index (χ3v) is 14.5. The quantitative estimate of drug-likeness (QED) is 0.119. The zero-order chi connectivity index (χ0) is 48.7. The zero-order valence-electron chi connectivity index (χ0n) is 38.4. The van der Waals surface area contributed by atoms with E-state index in [0.717, 1.165) is 104 Å². The number of aromatic amines is 1. The van der Waals surface area contributed by atoms with E-state index in [1.54, 1.807) is 10.9 Å².